The summed E-state index contributed by atoms with van der Waals surface area (Å²) in [7, 11) is 0. The summed E-state index contributed by atoms with van der Waals surface area (Å²) in [5.41, 5.74) is 0.424. The molecule has 0 aromatic heterocycles. The first-order chi connectivity index (χ1) is 11.1. The van der Waals surface area contributed by atoms with Crippen molar-refractivity contribution < 1.29 is 9.72 Å². The van der Waals surface area contributed by atoms with Gasteiger partial charge in [-0.05, 0) is 19.0 Å². The molecule has 2 aliphatic heterocycles. The summed E-state index contributed by atoms with van der Waals surface area (Å²) in [6, 6.07) is 6.39. The molecule has 1 aromatic carbocycles. The van der Waals surface area contributed by atoms with E-state index in [9.17, 15) is 14.9 Å². The van der Waals surface area contributed by atoms with E-state index in [0.29, 0.717) is 24.8 Å². The van der Waals surface area contributed by atoms with E-state index in [-0.39, 0.29) is 11.7 Å². The molecule has 0 radical (unpaired) electrons. The number of carbonyl (C=O) groups excluding carboxylic acids is 1. The predicted molar refractivity (Wildman–Crippen MR) is 86.5 cm³/mol. The van der Waals surface area contributed by atoms with Crippen molar-refractivity contribution in [1.29, 1.82) is 0 Å². The first kappa shape index (κ1) is 15.7. The van der Waals surface area contributed by atoms with Crippen molar-refractivity contribution >= 4 is 17.4 Å². The van der Waals surface area contributed by atoms with Crippen LogP contribution in [-0.4, -0.2) is 66.1 Å². The topological polar surface area (TPSA) is 90.7 Å². The molecule has 2 fully saturated rings. The maximum atomic E-state index is 12.3. The van der Waals surface area contributed by atoms with Gasteiger partial charge < -0.3 is 15.5 Å². The molecule has 0 bridgehead atoms. The van der Waals surface area contributed by atoms with Gasteiger partial charge in [-0.15, -0.1) is 0 Å². The molecule has 0 spiro atoms. The zero-order valence-electron chi connectivity index (χ0n) is 12.9. The van der Waals surface area contributed by atoms with Crippen molar-refractivity contribution in [2.45, 2.75) is 12.5 Å². The molecule has 2 aliphatic rings. The molecule has 23 heavy (non-hydrogen) atoms. The number of amides is 2. The molecule has 124 valence electrons. The standard InChI is InChI=1S/C15H21N5O3/c21-15(17-12-2-1-3-13(10-12)20(22)23)19-8-6-18(7-9-19)14-4-5-16-11-14/h1-3,10,14,16H,4-9,11H2,(H,17,21). The lowest BCUT2D eigenvalue weighted by molar-refractivity contribution is -0.384. The van der Waals surface area contributed by atoms with Gasteiger partial charge in [0, 0.05) is 56.6 Å². The number of anilines is 1. The number of piperazine rings is 1. The zero-order valence-corrected chi connectivity index (χ0v) is 12.9. The lowest BCUT2D eigenvalue weighted by atomic mass is 10.2. The van der Waals surface area contributed by atoms with Gasteiger partial charge in [0.05, 0.1) is 4.92 Å². The average Bonchev–Trinajstić information content (AvgIpc) is 3.09. The second-order valence-electron chi connectivity index (χ2n) is 5.91. The fourth-order valence-electron chi connectivity index (χ4n) is 3.14. The summed E-state index contributed by atoms with van der Waals surface area (Å²) in [5, 5.41) is 16.9. The minimum absolute atomic E-state index is 0.0265. The average molecular weight is 319 g/mol. The van der Waals surface area contributed by atoms with Crippen LogP contribution in [0.15, 0.2) is 24.3 Å². The third kappa shape index (κ3) is 3.77. The van der Waals surface area contributed by atoms with Gasteiger partial charge in [-0.3, -0.25) is 15.0 Å². The minimum Gasteiger partial charge on any atom is -0.322 e. The Morgan fingerprint density at radius 2 is 2.09 bits per heavy atom. The number of rotatable bonds is 3. The Morgan fingerprint density at radius 1 is 1.30 bits per heavy atom. The van der Waals surface area contributed by atoms with E-state index in [2.05, 4.69) is 15.5 Å². The number of carbonyl (C=O) groups is 1. The van der Waals surface area contributed by atoms with Gasteiger partial charge >= 0.3 is 6.03 Å². The van der Waals surface area contributed by atoms with Crippen LogP contribution in [0.25, 0.3) is 0 Å². The van der Waals surface area contributed by atoms with Crippen molar-refractivity contribution in [1.82, 2.24) is 15.1 Å². The van der Waals surface area contributed by atoms with Gasteiger partial charge in [-0.1, -0.05) is 6.07 Å². The van der Waals surface area contributed by atoms with Gasteiger partial charge in [0.2, 0.25) is 0 Å². The van der Waals surface area contributed by atoms with Crippen LogP contribution in [0.1, 0.15) is 6.42 Å². The number of non-ortho nitro benzene ring substituents is 1. The number of benzene rings is 1. The van der Waals surface area contributed by atoms with Crippen LogP contribution in [0, 0.1) is 10.1 Å². The molecular weight excluding hydrogens is 298 g/mol. The Balaban J connectivity index is 1.53. The molecule has 2 heterocycles. The summed E-state index contributed by atoms with van der Waals surface area (Å²) in [4.78, 5) is 26.8. The molecule has 8 heteroatoms. The predicted octanol–water partition coefficient (Wildman–Crippen LogP) is 1.11. The summed E-state index contributed by atoms with van der Waals surface area (Å²) in [5.74, 6) is 0. The Kier molecular flexibility index (Phi) is 4.73. The summed E-state index contributed by atoms with van der Waals surface area (Å²) < 4.78 is 0. The van der Waals surface area contributed by atoms with Gasteiger partial charge in [0.25, 0.3) is 5.69 Å². The number of nitrogens with zero attached hydrogens (tertiary/aromatic N) is 3. The van der Waals surface area contributed by atoms with Crippen LogP contribution in [0.3, 0.4) is 0 Å². The van der Waals surface area contributed by atoms with E-state index in [1.165, 1.54) is 18.6 Å². The van der Waals surface area contributed by atoms with Crippen molar-refractivity contribution in [3.63, 3.8) is 0 Å². The van der Waals surface area contributed by atoms with Crippen molar-refractivity contribution in [2.75, 3.05) is 44.6 Å². The highest BCUT2D eigenvalue weighted by molar-refractivity contribution is 5.89. The zero-order chi connectivity index (χ0) is 16.2. The highest BCUT2D eigenvalue weighted by Gasteiger charge is 2.27. The normalized spacial score (nSPS) is 22.1. The monoisotopic (exact) mass is 319 g/mol. The first-order valence-corrected chi connectivity index (χ1v) is 7.88. The molecule has 8 nitrogen and oxygen atoms in total. The molecular formula is C15H21N5O3. The summed E-state index contributed by atoms with van der Waals surface area (Å²) in [6.07, 6.45) is 1.17. The third-order valence-corrected chi connectivity index (χ3v) is 4.46. The molecule has 2 saturated heterocycles. The second-order valence-corrected chi connectivity index (χ2v) is 5.91. The smallest absolute Gasteiger partial charge is 0.321 e. The van der Waals surface area contributed by atoms with Crippen LogP contribution in [0.2, 0.25) is 0 Å². The molecule has 1 unspecified atom stereocenters. The Labute approximate surface area is 134 Å². The van der Waals surface area contributed by atoms with Crippen LogP contribution >= 0.6 is 0 Å². The number of nitrogens with one attached hydrogen (secondary N) is 2. The number of hydrogen-bond donors (Lipinski definition) is 2. The summed E-state index contributed by atoms with van der Waals surface area (Å²) >= 11 is 0. The van der Waals surface area contributed by atoms with E-state index in [1.807, 2.05) is 0 Å². The van der Waals surface area contributed by atoms with E-state index in [4.69, 9.17) is 0 Å². The molecule has 0 saturated carbocycles. The Hall–Kier alpha value is -2.19. The highest BCUT2D eigenvalue weighted by Crippen LogP contribution is 2.18. The number of nitro benzene ring substituents is 1. The first-order valence-electron chi connectivity index (χ1n) is 7.88. The molecule has 2 N–H and O–H groups in total. The van der Waals surface area contributed by atoms with Crippen molar-refractivity contribution in [3.8, 4) is 0 Å². The van der Waals surface area contributed by atoms with Crippen molar-refractivity contribution in [3.05, 3.63) is 34.4 Å². The van der Waals surface area contributed by atoms with Crippen molar-refractivity contribution in [2.24, 2.45) is 0 Å². The largest absolute Gasteiger partial charge is 0.322 e. The quantitative estimate of drug-likeness (QED) is 0.643. The number of hydrogen-bond acceptors (Lipinski definition) is 5. The van der Waals surface area contributed by atoms with Crippen LogP contribution < -0.4 is 10.6 Å². The number of urea groups is 1. The fraction of sp³-hybridized carbons (Fsp3) is 0.533. The van der Waals surface area contributed by atoms with E-state index < -0.39 is 4.92 Å². The van der Waals surface area contributed by atoms with E-state index in [1.54, 1.807) is 17.0 Å². The molecule has 2 amide bonds. The fourth-order valence-corrected chi connectivity index (χ4v) is 3.14. The van der Waals surface area contributed by atoms with Crippen LogP contribution in [-0.2, 0) is 0 Å². The third-order valence-electron chi connectivity index (χ3n) is 4.46. The molecule has 1 atom stereocenters. The van der Waals surface area contributed by atoms with E-state index in [0.717, 1.165) is 26.2 Å². The maximum absolute atomic E-state index is 12.3. The van der Waals surface area contributed by atoms with Crippen LogP contribution in [0.5, 0.6) is 0 Å². The number of nitro groups is 1. The lowest BCUT2D eigenvalue weighted by Gasteiger charge is -2.37. The van der Waals surface area contributed by atoms with Crippen LogP contribution in [0.4, 0.5) is 16.2 Å². The highest BCUT2D eigenvalue weighted by atomic mass is 16.6. The molecule has 3 rings (SSSR count). The SMILES string of the molecule is O=C(Nc1cccc([N+](=O)[O-])c1)N1CCN(C2CCNC2)CC1. The Bertz CT molecular complexity index is 580. The lowest BCUT2D eigenvalue weighted by Crippen LogP contribution is -2.53. The Morgan fingerprint density at radius 3 is 2.74 bits per heavy atom. The van der Waals surface area contributed by atoms with Gasteiger partial charge in [0.15, 0.2) is 0 Å². The van der Waals surface area contributed by atoms with E-state index >= 15 is 0 Å². The second kappa shape index (κ2) is 6.93. The molecule has 1 aromatic rings. The van der Waals surface area contributed by atoms with Gasteiger partial charge in [-0.2, -0.15) is 0 Å². The van der Waals surface area contributed by atoms with Gasteiger partial charge in [-0.25, -0.2) is 4.79 Å². The minimum atomic E-state index is -0.468. The molecule has 0 aliphatic carbocycles. The summed E-state index contributed by atoms with van der Waals surface area (Å²) in [6.45, 7) is 5.19. The van der Waals surface area contributed by atoms with Gasteiger partial charge in [0.1, 0.15) is 0 Å². The maximum Gasteiger partial charge on any atom is 0.321 e.